The molecule has 8 nitrogen and oxygen atoms in total. The summed E-state index contributed by atoms with van der Waals surface area (Å²) >= 11 is 0. The molecule has 0 amide bonds. The Bertz CT molecular complexity index is 1690. The number of ether oxygens (including phenoxy) is 2. The van der Waals surface area contributed by atoms with Crippen LogP contribution in [0.3, 0.4) is 0 Å². The standard InChI is InChI=1S/C33H36F2N6O2/c1-42-18-21-7-2-5-20-6-3-8-25(27(20)21)29-28(35)30-26(14-36-29)31(40-16-23-9-10-24(17-40)37-23)39-32(38-30)43-19-33-11-4-12-41(33)15-22(34)13-33/h2-3,5-8,14,22-24,37H,4,9-13,15-19H2,1H3/t22-,23?,24?,33?/m1/s1. The van der Waals surface area contributed by atoms with Crippen molar-refractivity contribution in [2.75, 3.05) is 44.8 Å². The van der Waals surface area contributed by atoms with Crippen molar-refractivity contribution in [3.05, 3.63) is 54.0 Å². The van der Waals surface area contributed by atoms with Crippen LogP contribution in [0.4, 0.5) is 14.6 Å². The summed E-state index contributed by atoms with van der Waals surface area (Å²) in [5, 5.41) is 6.12. The summed E-state index contributed by atoms with van der Waals surface area (Å²) < 4.78 is 43.0. The fourth-order valence-corrected chi connectivity index (χ4v) is 8.02. The van der Waals surface area contributed by atoms with Gasteiger partial charge in [0.25, 0.3) is 0 Å². The summed E-state index contributed by atoms with van der Waals surface area (Å²) in [6, 6.07) is 12.7. The molecule has 10 heteroatoms. The third-order valence-corrected chi connectivity index (χ3v) is 9.94. The summed E-state index contributed by atoms with van der Waals surface area (Å²) in [4.78, 5) is 18.7. The molecule has 224 valence electrons. The Hall–Kier alpha value is -3.47. The van der Waals surface area contributed by atoms with E-state index in [2.05, 4.69) is 20.1 Å². The van der Waals surface area contributed by atoms with Crippen molar-refractivity contribution in [1.82, 2.24) is 25.2 Å². The van der Waals surface area contributed by atoms with Crippen molar-refractivity contribution < 1.29 is 18.3 Å². The second-order valence-electron chi connectivity index (χ2n) is 12.7. The van der Waals surface area contributed by atoms with Crippen LogP contribution in [-0.4, -0.2) is 83.5 Å². The van der Waals surface area contributed by atoms with E-state index in [9.17, 15) is 4.39 Å². The van der Waals surface area contributed by atoms with Crippen LogP contribution < -0.4 is 15.0 Å². The molecule has 2 aromatic carbocycles. The topological polar surface area (TPSA) is 75.6 Å². The van der Waals surface area contributed by atoms with Crippen molar-refractivity contribution in [2.45, 2.75) is 62.5 Å². The molecule has 0 spiro atoms. The number of fused-ring (bicyclic) bond motifs is 5. The number of methoxy groups -OCH3 is 1. The Morgan fingerprint density at radius 1 is 1.07 bits per heavy atom. The molecule has 4 aliphatic heterocycles. The number of nitrogens with zero attached hydrogens (tertiary/aromatic N) is 5. The SMILES string of the molecule is COCc1cccc2cccc(-c3ncc4c(N5CC6CCC(C5)N6)nc(OCC56CCCN5C[C@H](F)C6)nc4c3F)c12. The molecule has 4 atom stereocenters. The number of hydrogen-bond donors (Lipinski definition) is 1. The van der Waals surface area contributed by atoms with Crippen LogP contribution in [0.5, 0.6) is 6.01 Å². The highest BCUT2D eigenvalue weighted by atomic mass is 19.1. The van der Waals surface area contributed by atoms with Gasteiger partial charge in [0.2, 0.25) is 0 Å². The lowest BCUT2D eigenvalue weighted by Crippen LogP contribution is -2.51. The van der Waals surface area contributed by atoms with E-state index >= 15 is 4.39 Å². The average molecular weight is 587 g/mol. The molecule has 4 saturated heterocycles. The lowest BCUT2D eigenvalue weighted by Gasteiger charge is -2.34. The van der Waals surface area contributed by atoms with Crippen LogP contribution in [0.2, 0.25) is 0 Å². The monoisotopic (exact) mass is 586 g/mol. The molecule has 4 fully saturated rings. The summed E-state index contributed by atoms with van der Waals surface area (Å²) in [5.41, 5.74) is 1.72. The first-order valence-corrected chi connectivity index (χ1v) is 15.4. The highest BCUT2D eigenvalue weighted by Gasteiger charge is 2.49. The molecule has 2 aromatic heterocycles. The zero-order valence-corrected chi connectivity index (χ0v) is 24.4. The van der Waals surface area contributed by atoms with Gasteiger partial charge in [-0.05, 0) is 48.6 Å². The normalized spacial score (nSPS) is 27.0. The van der Waals surface area contributed by atoms with Gasteiger partial charge in [-0.15, -0.1) is 0 Å². The third kappa shape index (κ3) is 4.62. The maximum Gasteiger partial charge on any atom is 0.319 e. The van der Waals surface area contributed by atoms with Gasteiger partial charge in [0.05, 0.1) is 17.5 Å². The van der Waals surface area contributed by atoms with Crippen molar-refractivity contribution >= 4 is 27.5 Å². The van der Waals surface area contributed by atoms with Crippen LogP contribution in [0.25, 0.3) is 32.9 Å². The lowest BCUT2D eigenvalue weighted by molar-refractivity contribution is 0.107. The molecular weight excluding hydrogens is 550 g/mol. The minimum absolute atomic E-state index is 0.131. The van der Waals surface area contributed by atoms with E-state index in [1.807, 2.05) is 36.4 Å². The van der Waals surface area contributed by atoms with E-state index in [1.165, 1.54) is 0 Å². The summed E-state index contributed by atoms with van der Waals surface area (Å²) in [6.45, 7) is 3.55. The van der Waals surface area contributed by atoms with Gasteiger partial charge < -0.3 is 19.7 Å². The smallest absolute Gasteiger partial charge is 0.319 e. The molecule has 0 aliphatic carbocycles. The molecule has 2 bridgehead atoms. The van der Waals surface area contributed by atoms with Crippen LogP contribution in [0, 0.1) is 5.82 Å². The number of piperazine rings is 1. The molecule has 3 unspecified atom stereocenters. The molecule has 0 saturated carbocycles. The number of nitrogens with one attached hydrogen (secondary N) is 1. The second kappa shape index (κ2) is 10.6. The van der Waals surface area contributed by atoms with Crippen molar-refractivity contribution in [2.24, 2.45) is 0 Å². The maximum atomic E-state index is 16.8. The van der Waals surface area contributed by atoms with Gasteiger partial charge in [0, 0.05) is 57.0 Å². The predicted octanol–water partition coefficient (Wildman–Crippen LogP) is 5.03. The average Bonchev–Trinajstić information content (AvgIpc) is 3.66. The van der Waals surface area contributed by atoms with Gasteiger partial charge in [-0.1, -0.05) is 36.4 Å². The van der Waals surface area contributed by atoms with E-state index in [4.69, 9.17) is 19.4 Å². The Kier molecular flexibility index (Phi) is 6.69. The number of benzene rings is 2. The first-order chi connectivity index (χ1) is 21.0. The van der Waals surface area contributed by atoms with Crippen molar-refractivity contribution in [3.63, 3.8) is 0 Å². The van der Waals surface area contributed by atoms with Gasteiger partial charge in [0.15, 0.2) is 5.82 Å². The van der Waals surface area contributed by atoms with Crippen molar-refractivity contribution in [3.8, 4) is 17.3 Å². The Morgan fingerprint density at radius 3 is 2.70 bits per heavy atom. The third-order valence-electron chi connectivity index (χ3n) is 9.94. The molecule has 1 N–H and O–H groups in total. The molecule has 4 aromatic rings. The minimum Gasteiger partial charge on any atom is -0.461 e. The molecule has 8 rings (SSSR count). The van der Waals surface area contributed by atoms with Crippen LogP contribution >= 0.6 is 0 Å². The number of hydrogen-bond acceptors (Lipinski definition) is 8. The number of alkyl halides is 1. The Morgan fingerprint density at radius 2 is 1.88 bits per heavy atom. The van der Waals surface area contributed by atoms with Gasteiger partial charge >= 0.3 is 6.01 Å². The predicted molar refractivity (Wildman–Crippen MR) is 162 cm³/mol. The quantitative estimate of drug-likeness (QED) is 0.324. The maximum absolute atomic E-state index is 16.8. The zero-order valence-electron chi connectivity index (χ0n) is 24.4. The Balaban J connectivity index is 1.25. The first kappa shape index (κ1) is 27.1. The molecular formula is C33H36F2N6O2. The number of anilines is 1. The van der Waals surface area contributed by atoms with E-state index in [0.29, 0.717) is 48.4 Å². The fraction of sp³-hybridized carbons (Fsp3) is 0.485. The molecule has 43 heavy (non-hydrogen) atoms. The second-order valence-corrected chi connectivity index (χ2v) is 12.7. The largest absolute Gasteiger partial charge is 0.461 e. The number of pyridine rings is 1. The van der Waals surface area contributed by atoms with Crippen molar-refractivity contribution in [1.29, 1.82) is 0 Å². The van der Waals surface area contributed by atoms with Gasteiger partial charge in [-0.3, -0.25) is 9.88 Å². The lowest BCUT2D eigenvalue weighted by atomic mass is 9.95. The highest BCUT2D eigenvalue weighted by molar-refractivity contribution is 6.00. The zero-order chi connectivity index (χ0) is 29.1. The summed E-state index contributed by atoms with van der Waals surface area (Å²) in [6.07, 6.45) is 5.41. The minimum atomic E-state index is -0.858. The van der Waals surface area contributed by atoms with E-state index < -0.39 is 12.0 Å². The van der Waals surface area contributed by atoms with E-state index in [-0.39, 0.29) is 29.4 Å². The van der Waals surface area contributed by atoms with Crippen LogP contribution in [-0.2, 0) is 11.3 Å². The number of aromatic nitrogens is 3. The first-order valence-electron chi connectivity index (χ1n) is 15.4. The molecule has 6 heterocycles. The summed E-state index contributed by atoms with van der Waals surface area (Å²) in [7, 11) is 1.66. The number of rotatable bonds is 7. The number of halogens is 2. The fourth-order valence-electron chi connectivity index (χ4n) is 8.02. The van der Waals surface area contributed by atoms with E-state index in [1.54, 1.807) is 13.3 Å². The van der Waals surface area contributed by atoms with E-state index in [0.717, 1.165) is 61.7 Å². The van der Waals surface area contributed by atoms with Gasteiger partial charge in [0.1, 0.15) is 29.8 Å². The van der Waals surface area contributed by atoms with Crippen LogP contribution in [0.1, 0.15) is 37.7 Å². The Labute approximate surface area is 249 Å². The van der Waals surface area contributed by atoms with Gasteiger partial charge in [-0.25, -0.2) is 8.78 Å². The highest BCUT2D eigenvalue weighted by Crippen LogP contribution is 2.41. The summed E-state index contributed by atoms with van der Waals surface area (Å²) in [5.74, 6) is 0.138. The van der Waals surface area contributed by atoms with Gasteiger partial charge in [-0.2, -0.15) is 9.97 Å². The molecule has 0 radical (unpaired) electrons. The molecule has 4 aliphatic rings. The van der Waals surface area contributed by atoms with Crippen LogP contribution in [0.15, 0.2) is 42.6 Å².